The monoisotopic (exact) mass is 292 g/mol. The lowest BCUT2D eigenvalue weighted by atomic mass is 9.92. The predicted octanol–water partition coefficient (Wildman–Crippen LogP) is 0.388. The number of nitrogens with one attached hydrogen (secondary N) is 1. The summed E-state index contributed by atoms with van der Waals surface area (Å²) in [7, 11) is 0. The Morgan fingerprint density at radius 3 is 2.67 bits per heavy atom. The lowest BCUT2D eigenvalue weighted by Gasteiger charge is -2.41. The third-order valence-electron chi connectivity index (χ3n) is 3.39. The van der Waals surface area contributed by atoms with Crippen LogP contribution in [0.1, 0.15) is 18.9 Å². The smallest absolute Gasteiger partial charge is 0.258 e. The highest BCUT2D eigenvalue weighted by Crippen LogP contribution is 2.21. The molecule has 1 heterocycles. The van der Waals surface area contributed by atoms with Crippen LogP contribution in [0, 0.1) is 0 Å². The summed E-state index contributed by atoms with van der Waals surface area (Å²) in [5.74, 6) is -0.0507. The van der Waals surface area contributed by atoms with Crippen LogP contribution in [-0.4, -0.2) is 37.2 Å². The fourth-order valence-electron chi connectivity index (χ4n) is 2.31. The van der Waals surface area contributed by atoms with Gasteiger partial charge in [0.2, 0.25) is 5.91 Å². The van der Waals surface area contributed by atoms with E-state index >= 15 is 0 Å². The molecule has 0 aromatic heterocycles. The second-order valence-corrected chi connectivity index (χ2v) is 5.21. The maximum absolute atomic E-state index is 12.0. The molecular weight excluding hydrogens is 272 g/mol. The van der Waals surface area contributed by atoms with Gasteiger partial charge in [0.1, 0.15) is 5.75 Å². The molecule has 0 spiro atoms. The molecule has 0 atom stereocenters. The summed E-state index contributed by atoms with van der Waals surface area (Å²) in [6.07, 6.45) is 0.904. The number of carbonyl (C=O) groups excluding carboxylic acids is 2. The zero-order valence-electron chi connectivity index (χ0n) is 12.1. The van der Waals surface area contributed by atoms with Crippen LogP contribution in [0.5, 0.6) is 5.75 Å². The quantitative estimate of drug-likeness (QED) is 0.760. The minimum absolute atomic E-state index is 0.0737. The van der Waals surface area contributed by atoms with Crippen LogP contribution in [0.2, 0.25) is 0 Å². The molecule has 1 fully saturated rings. The van der Waals surface area contributed by atoms with Crippen molar-refractivity contribution in [3.8, 4) is 5.75 Å². The summed E-state index contributed by atoms with van der Waals surface area (Å²) < 4.78 is 10.6. The van der Waals surface area contributed by atoms with Crippen LogP contribution < -0.4 is 15.8 Å². The Hall–Kier alpha value is -2.08. The molecule has 1 aromatic carbocycles. The van der Waals surface area contributed by atoms with Gasteiger partial charge in [0.15, 0.2) is 6.61 Å². The largest absolute Gasteiger partial charge is 0.483 e. The first kappa shape index (κ1) is 15.3. The minimum Gasteiger partial charge on any atom is -0.483 e. The van der Waals surface area contributed by atoms with Crippen molar-refractivity contribution >= 4 is 11.8 Å². The van der Waals surface area contributed by atoms with Gasteiger partial charge < -0.3 is 20.5 Å². The van der Waals surface area contributed by atoms with Crippen molar-refractivity contribution in [1.82, 2.24) is 5.32 Å². The van der Waals surface area contributed by atoms with Crippen molar-refractivity contribution in [3.63, 3.8) is 0 Å². The van der Waals surface area contributed by atoms with Gasteiger partial charge in [0.25, 0.3) is 5.91 Å². The minimum atomic E-state index is -0.670. The zero-order chi connectivity index (χ0) is 15.3. The van der Waals surface area contributed by atoms with Crippen LogP contribution in [0.25, 0.3) is 0 Å². The Bertz CT molecular complexity index is 526. The van der Waals surface area contributed by atoms with E-state index in [2.05, 4.69) is 5.32 Å². The molecule has 114 valence electrons. The number of aryl methyl sites for hydroxylation is 1. The summed E-state index contributed by atoms with van der Waals surface area (Å²) >= 11 is 0. The molecule has 1 aliphatic rings. The summed E-state index contributed by atoms with van der Waals surface area (Å²) in [6, 6.07) is 7.58. The fraction of sp³-hybridized carbons (Fsp3) is 0.467. The number of hydrogen-bond acceptors (Lipinski definition) is 4. The molecule has 0 radical (unpaired) electrons. The van der Waals surface area contributed by atoms with Crippen LogP contribution in [0.15, 0.2) is 24.3 Å². The van der Waals surface area contributed by atoms with Crippen molar-refractivity contribution in [2.24, 2.45) is 5.73 Å². The van der Waals surface area contributed by atoms with Gasteiger partial charge in [-0.3, -0.25) is 9.59 Å². The molecule has 2 rings (SSSR count). The number of hydrogen-bond donors (Lipinski definition) is 2. The third-order valence-corrected chi connectivity index (χ3v) is 3.39. The van der Waals surface area contributed by atoms with Gasteiger partial charge in [0.05, 0.1) is 25.2 Å². The number of para-hydroxylation sites is 1. The molecular formula is C15H20N2O4. The predicted molar refractivity (Wildman–Crippen MR) is 76.8 cm³/mol. The average Bonchev–Trinajstić information content (AvgIpc) is 2.42. The highest BCUT2D eigenvalue weighted by molar-refractivity contribution is 5.81. The molecule has 6 heteroatoms. The number of carbonyl (C=O) groups is 2. The highest BCUT2D eigenvalue weighted by atomic mass is 16.5. The first-order valence-corrected chi connectivity index (χ1v) is 6.92. The van der Waals surface area contributed by atoms with Gasteiger partial charge in [-0.15, -0.1) is 0 Å². The van der Waals surface area contributed by atoms with Crippen molar-refractivity contribution in [1.29, 1.82) is 0 Å². The van der Waals surface area contributed by atoms with Crippen LogP contribution in [0.3, 0.4) is 0 Å². The first-order valence-electron chi connectivity index (χ1n) is 6.92. The van der Waals surface area contributed by atoms with E-state index in [0.29, 0.717) is 19.0 Å². The van der Waals surface area contributed by atoms with E-state index in [-0.39, 0.29) is 18.9 Å². The lowest BCUT2D eigenvalue weighted by Crippen LogP contribution is -2.64. The number of primary amides is 1. The lowest BCUT2D eigenvalue weighted by molar-refractivity contribution is -0.139. The summed E-state index contributed by atoms with van der Waals surface area (Å²) in [4.78, 5) is 23.0. The average molecular weight is 292 g/mol. The van der Waals surface area contributed by atoms with E-state index in [1.54, 1.807) is 0 Å². The van der Waals surface area contributed by atoms with Gasteiger partial charge in [-0.25, -0.2) is 0 Å². The van der Waals surface area contributed by atoms with E-state index in [9.17, 15) is 9.59 Å². The Morgan fingerprint density at radius 2 is 2.10 bits per heavy atom. The van der Waals surface area contributed by atoms with Crippen molar-refractivity contribution < 1.29 is 19.1 Å². The first-order chi connectivity index (χ1) is 10.0. The number of rotatable bonds is 7. The summed E-state index contributed by atoms with van der Waals surface area (Å²) in [6.45, 7) is 2.52. The maximum atomic E-state index is 12.0. The van der Waals surface area contributed by atoms with Crippen molar-refractivity contribution in [2.45, 2.75) is 25.3 Å². The van der Waals surface area contributed by atoms with Crippen LogP contribution in [-0.2, 0) is 20.7 Å². The van der Waals surface area contributed by atoms with E-state index in [0.717, 1.165) is 12.0 Å². The molecule has 1 aliphatic heterocycles. The summed E-state index contributed by atoms with van der Waals surface area (Å²) in [5.41, 5.74) is 5.57. The van der Waals surface area contributed by atoms with E-state index < -0.39 is 11.4 Å². The molecule has 21 heavy (non-hydrogen) atoms. The van der Waals surface area contributed by atoms with Crippen molar-refractivity contribution in [2.75, 3.05) is 19.8 Å². The third kappa shape index (κ3) is 3.95. The topological polar surface area (TPSA) is 90.6 Å². The maximum Gasteiger partial charge on any atom is 0.258 e. The Balaban J connectivity index is 1.88. The molecule has 3 N–H and O–H groups in total. The number of ether oxygens (including phenoxy) is 2. The van der Waals surface area contributed by atoms with Gasteiger partial charge >= 0.3 is 0 Å². The Labute approximate surface area is 123 Å². The number of benzene rings is 1. The number of amides is 2. The molecule has 0 unspecified atom stereocenters. The second-order valence-electron chi connectivity index (χ2n) is 5.21. The standard InChI is InChI=1S/C15H20N2O4/c1-2-11-5-3-4-6-12(11)21-8-14(19)17-15(7-13(16)18)9-20-10-15/h3-6H,2,7-10H2,1H3,(H2,16,18)(H,17,19). The summed E-state index contributed by atoms with van der Waals surface area (Å²) in [5, 5.41) is 2.78. The van der Waals surface area contributed by atoms with E-state index in [4.69, 9.17) is 15.2 Å². The van der Waals surface area contributed by atoms with Crippen LogP contribution in [0.4, 0.5) is 0 Å². The van der Waals surface area contributed by atoms with Gasteiger partial charge in [0, 0.05) is 0 Å². The molecule has 1 aromatic rings. The number of nitrogens with two attached hydrogens (primary N) is 1. The van der Waals surface area contributed by atoms with Gasteiger partial charge in [-0.1, -0.05) is 25.1 Å². The molecule has 0 saturated carbocycles. The Kier molecular flexibility index (Phi) is 4.80. The van der Waals surface area contributed by atoms with E-state index in [1.165, 1.54) is 0 Å². The van der Waals surface area contributed by atoms with Gasteiger partial charge in [-0.2, -0.15) is 0 Å². The van der Waals surface area contributed by atoms with Gasteiger partial charge in [-0.05, 0) is 18.1 Å². The second kappa shape index (κ2) is 6.58. The SMILES string of the molecule is CCc1ccccc1OCC(=O)NC1(CC(N)=O)COC1. The normalized spacial score (nSPS) is 15.9. The Morgan fingerprint density at radius 1 is 1.38 bits per heavy atom. The van der Waals surface area contributed by atoms with Crippen LogP contribution >= 0.6 is 0 Å². The molecule has 2 amide bonds. The molecule has 1 saturated heterocycles. The molecule has 0 bridgehead atoms. The highest BCUT2D eigenvalue weighted by Gasteiger charge is 2.41. The zero-order valence-corrected chi connectivity index (χ0v) is 12.1. The molecule has 6 nitrogen and oxygen atoms in total. The molecule has 0 aliphatic carbocycles. The fourth-order valence-corrected chi connectivity index (χ4v) is 2.31. The van der Waals surface area contributed by atoms with Crippen molar-refractivity contribution in [3.05, 3.63) is 29.8 Å². The van der Waals surface area contributed by atoms with E-state index in [1.807, 2.05) is 31.2 Å².